The molecule has 5 aromatic rings. The van der Waals surface area contributed by atoms with Gasteiger partial charge in [0.2, 0.25) is 0 Å². The van der Waals surface area contributed by atoms with Gasteiger partial charge in [0.15, 0.2) is 11.5 Å². The molecule has 6 rings (SSSR count). The van der Waals surface area contributed by atoms with Crippen LogP contribution in [0.4, 0.5) is 0 Å². The van der Waals surface area contributed by atoms with Crippen molar-refractivity contribution in [1.29, 1.82) is 0 Å². The summed E-state index contributed by atoms with van der Waals surface area (Å²) in [6.45, 7) is 3.68. The van der Waals surface area contributed by atoms with Gasteiger partial charge in [-0.15, -0.1) is 0 Å². The summed E-state index contributed by atoms with van der Waals surface area (Å²) >= 11 is 0. The number of hydrogen-bond acceptors (Lipinski definition) is 7. The van der Waals surface area contributed by atoms with Crippen LogP contribution in [0.3, 0.4) is 0 Å². The molecule has 0 spiro atoms. The van der Waals surface area contributed by atoms with Gasteiger partial charge in [-0.25, -0.2) is 17.9 Å². The smallest absolute Gasteiger partial charge is 0.257 e. The Morgan fingerprint density at radius 2 is 1.71 bits per heavy atom. The van der Waals surface area contributed by atoms with E-state index in [1.165, 1.54) is 50.7 Å². The predicted octanol–water partition coefficient (Wildman–Crippen LogP) is 4.60. The molecule has 0 aliphatic carbocycles. The molecule has 212 valence electrons. The van der Waals surface area contributed by atoms with Gasteiger partial charge in [-0.1, -0.05) is 42.5 Å². The first-order valence-corrected chi connectivity index (χ1v) is 15.6. The first-order chi connectivity index (χ1) is 20.0. The number of methoxy groups -OCH3 is 1. The number of aromatic nitrogens is 5. The Hall–Kier alpha value is -4.02. The Labute approximate surface area is 240 Å². The average Bonchev–Trinajstić information content (AvgIpc) is 3.75. The van der Waals surface area contributed by atoms with Crippen LogP contribution in [-0.2, 0) is 28.6 Å². The van der Waals surface area contributed by atoms with Crippen molar-refractivity contribution in [3.63, 3.8) is 0 Å². The molecule has 0 N–H and O–H groups in total. The third-order valence-electron chi connectivity index (χ3n) is 7.55. The molecule has 1 saturated heterocycles. The van der Waals surface area contributed by atoms with E-state index in [2.05, 4.69) is 34.3 Å². The second-order valence-corrected chi connectivity index (χ2v) is 12.4. The molecule has 0 unspecified atom stereocenters. The SMILES string of the molecule is COc1cccc(CS(=O)(=O)n2cc(-c3cccc4nc(Cc5ccc(CCCN6CCCC6)cc5)nn34)cn2)c1. The van der Waals surface area contributed by atoms with Gasteiger partial charge in [-0.3, -0.25) is 0 Å². The largest absolute Gasteiger partial charge is 0.497 e. The van der Waals surface area contributed by atoms with Crippen molar-refractivity contribution in [3.05, 3.63) is 102 Å². The number of likely N-dealkylation sites (tertiary alicyclic amines) is 1. The van der Waals surface area contributed by atoms with Crippen LogP contribution < -0.4 is 4.74 Å². The lowest BCUT2D eigenvalue weighted by atomic mass is 10.1. The van der Waals surface area contributed by atoms with Crippen LogP contribution in [0.15, 0.2) is 79.1 Å². The van der Waals surface area contributed by atoms with E-state index in [1.807, 2.05) is 18.2 Å². The van der Waals surface area contributed by atoms with Crippen LogP contribution in [0.2, 0.25) is 0 Å². The Morgan fingerprint density at radius 1 is 0.927 bits per heavy atom. The third kappa shape index (κ3) is 6.34. The van der Waals surface area contributed by atoms with Crippen molar-refractivity contribution in [2.24, 2.45) is 0 Å². The topological polar surface area (TPSA) is 94.6 Å². The van der Waals surface area contributed by atoms with Crippen molar-refractivity contribution in [2.45, 2.75) is 37.9 Å². The average molecular weight is 571 g/mol. The van der Waals surface area contributed by atoms with Gasteiger partial charge in [0, 0.05) is 12.0 Å². The summed E-state index contributed by atoms with van der Waals surface area (Å²) in [7, 11) is -2.17. The number of benzene rings is 2. The number of fused-ring (bicyclic) bond motifs is 1. The number of pyridine rings is 1. The minimum Gasteiger partial charge on any atom is -0.497 e. The summed E-state index contributed by atoms with van der Waals surface area (Å²) in [5.41, 5.74) is 5.19. The Morgan fingerprint density at radius 3 is 2.51 bits per heavy atom. The maximum absolute atomic E-state index is 13.1. The van der Waals surface area contributed by atoms with Crippen molar-refractivity contribution >= 4 is 15.7 Å². The van der Waals surface area contributed by atoms with E-state index in [4.69, 9.17) is 14.8 Å². The van der Waals surface area contributed by atoms with Crippen molar-refractivity contribution in [3.8, 4) is 17.0 Å². The van der Waals surface area contributed by atoms with E-state index in [9.17, 15) is 8.42 Å². The van der Waals surface area contributed by atoms with Gasteiger partial charge in [0.1, 0.15) is 5.75 Å². The summed E-state index contributed by atoms with van der Waals surface area (Å²) in [6.07, 6.45) is 8.64. The molecule has 0 amide bonds. The Bertz CT molecular complexity index is 1740. The van der Waals surface area contributed by atoms with Gasteiger partial charge < -0.3 is 9.64 Å². The Balaban J connectivity index is 1.15. The zero-order chi connectivity index (χ0) is 28.2. The fourth-order valence-electron chi connectivity index (χ4n) is 5.39. The molecule has 1 fully saturated rings. The fraction of sp³-hybridized carbons (Fsp3) is 0.323. The van der Waals surface area contributed by atoms with E-state index in [-0.39, 0.29) is 5.75 Å². The summed E-state index contributed by atoms with van der Waals surface area (Å²) in [5.74, 6) is 1.12. The third-order valence-corrected chi connectivity index (χ3v) is 9.02. The van der Waals surface area contributed by atoms with Gasteiger partial charge in [-0.2, -0.15) is 14.3 Å². The van der Waals surface area contributed by atoms with Crippen LogP contribution in [0, 0.1) is 0 Å². The first-order valence-electron chi connectivity index (χ1n) is 14.0. The van der Waals surface area contributed by atoms with Crippen LogP contribution in [-0.4, -0.2) is 63.8 Å². The maximum Gasteiger partial charge on any atom is 0.257 e. The lowest BCUT2D eigenvalue weighted by Gasteiger charge is -2.13. The zero-order valence-corrected chi connectivity index (χ0v) is 24.0. The van der Waals surface area contributed by atoms with Crippen LogP contribution >= 0.6 is 0 Å². The minimum atomic E-state index is -3.73. The first kappa shape index (κ1) is 27.2. The van der Waals surface area contributed by atoms with Gasteiger partial charge in [0.25, 0.3) is 10.0 Å². The molecule has 0 bridgehead atoms. The fourth-order valence-corrected chi connectivity index (χ4v) is 6.59. The van der Waals surface area contributed by atoms with Gasteiger partial charge in [0.05, 0.1) is 31.0 Å². The number of nitrogens with zero attached hydrogens (tertiary/aromatic N) is 6. The van der Waals surface area contributed by atoms with Gasteiger partial charge >= 0.3 is 0 Å². The molecule has 0 atom stereocenters. The number of rotatable bonds is 11. The van der Waals surface area contributed by atoms with E-state index in [1.54, 1.807) is 42.1 Å². The number of ether oxygens (including phenoxy) is 1. The molecule has 0 saturated carbocycles. The molecule has 1 aliphatic rings. The highest BCUT2D eigenvalue weighted by Crippen LogP contribution is 2.22. The number of aryl methyl sites for hydroxylation is 1. The second kappa shape index (κ2) is 11.8. The van der Waals surface area contributed by atoms with Crippen LogP contribution in [0.1, 0.15) is 41.8 Å². The highest BCUT2D eigenvalue weighted by atomic mass is 32.2. The van der Waals surface area contributed by atoms with E-state index in [0.29, 0.717) is 34.8 Å². The summed E-state index contributed by atoms with van der Waals surface area (Å²) in [6, 6.07) is 21.4. The second-order valence-electron chi connectivity index (χ2n) is 10.6. The van der Waals surface area contributed by atoms with Crippen molar-refractivity contribution in [2.75, 3.05) is 26.7 Å². The van der Waals surface area contributed by atoms with Crippen molar-refractivity contribution < 1.29 is 13.2 Å². The predicted molar refractivity (Wildman–Crippen MR) is 158 cm³/mol. The molecule has 3 aromatic heterocycles. The standard InChI is InChI=1S/C31H34N6O3S/c1-40-28-9-4-7-26(19-28)23-41(38,39)36-22-27(21-32-36)29-10-5-11-31-33-30(34-37(29)31)20-25-14-12-24(13-15-25)8-6-18-35-16-2-3-17-35/h4-5,7,9-15,19,21-22H,2-3,6,8,16-18,20,23H2,1H3. The summed E-state index contributed by atoms with van der Waals surface area (Å²) in [5, 5.41) is 8.93. The molecule has 9 nitrogen and oxygen atoms in total. The molecular weight excluding hydrogens is 536 g/mol. The quantitative estimate of drug-likeness (QED) is 0.229. The van der Waals surface area contributed by atoms with Crippen molar-refractivity contribution in [1.82, 2.24) is 28.7 Å². The number of hydrogen-bond donors (Lipinski definition) is 0. The normalized spacial score (nSPS) is 14.2. The Kier molecular flexibility index (Phi) is 7.84. The van der Waals surface area contributed by atoms with Gasteiger partial charge in [-0.05, 0) is 86.3 Å². The summed E-state index contributed by atoms with van der Waals surface area (Å²) in [4.78, 5) is 7.29. The molecule has 2 aromatic carbocycles. The monoisotopic (exact) mass is 570 g/mol. The van der Waals surface area contributed by atoms with Crippen LogP contribution in [0.5, 0.6) is 5.75 Å². The molecule has 10 heteroatoms. The van der Waals surface area contributed by atoms with E-state index in [0.717, 1.165) is 21.8 Å². The lowest BCUT2D eigenvalue weighted by molar-refractivity contribution is 0.334. The molecular formula is C31H34N6O3S. The molecule has 41 heavy (non-hydrogen) atoms. The summed E-state index contributed by atoms with van der Waals surface area (Å²) < 4.78 is 34.1. The van der Waals surface area contributed by atoms with E-state index < -0.39 is 10.0 Å². The molecule has 4 heterocycles. The lowest BCUT2D eigenvalue weighted by Crippen LogP contribution is -2.20. The maximum atomic E-state index is 13.1. The zero-order valence-electron chi connectivity index (χ0n) is 23.2. The highest BCUT2D eigenvalue weighted by molar-refractivity contribution is 7.89. The molecule has 0 radical (unpaired) electrons. The highest BCUT2D eigenvalue weighted by Gasteiger charge is 2.19. The molecule has 1 aliphatic heterocycles. The van der Waals surface area contributed by atoms with Crippen LogP contribution in [0.25, 0.3) is 16.9 Å². The minimum absolute atomic E-state index is 0.194. The van der Waals surface area contributed by atoms with E-state index >= 15 is 0 Å².